The standard InChI is InChI=1S/C21H22N4O2/c1-25(2)18-8-6-16(7-9-18)21(26)24-17-5-3-4-15(12-17)14-27-20-10-11-23-13-19(20)22/h3-13H,14,22H2,1-2H3,(H,24,26). The highest BCUT2D eigenvalue weighted by Gasteiger charge is 2.07. The van der Waals surface area contributed by atoms with Crippen molar-refractivity contribution < 1.29 is 9.53 Å². The van der Waals surface area contributed by atoms with Crippen molar-refractivity contribution >= 4 is 23.0 Å². The van der Waals surface area contributed by atoms with Gasteiger partial charge in [0.05, 0.1) is 11.9 Å². The van der Waals surface area contributed by atoms with Gasteiger partial charge in [0.15, 0.2) is 0 Å². The summed E-state index contributed by atoms with van der Waals surface area (Å²) in [7, 11) is 3.92. The number of carbonyl (C=O) groups excluding carboxylic acids is 1. The minimum absolute atomic E-state index is 0.156. The van der Waals surface area contributed by atoms with Gasteiger partial charge in [-0.15, -0.1) is 0 Å². The zero-order chi connectivity index (χ0) is 19.2. The molecule has 27 heavy (non-hydrogen) atoms. The number of hydrogen-bond donors (Lipinski definition) is 2. The lowest BCUT2D eigenvalue weighted by molar-refractivity contribution is 0.102. The van der Waals surface area contributed by atoms with Gasteiger partial charge in [-0.25, -0.2) is 0 Å². The molecule has 1 amide bonds. The summed E-state index contributed by atoms with van der Waals surface area (Å²) >= 11 is 0. The molecule has 1 aromatic heterocycles. The smallest absolute Gasteiger partial charge is 0.255 e. The first kappa shape index (κ1) is 18.3. The zero-order valence-electron chi connectivity index (χ0n) is 15.3. The van der Waals surface area contributed by atoms with E-state index in [-0.39, 0.29) is 5.91 Å². The van der Waals surface area contributed by atoms with Crippen LogP contribution in [0.15, 0.2) is 67.0 Å². The van der Waals surface area contributed by atoms with Gasteiger partial charge in [0, 0.05) is 43.3 Å². The van der Waals surface area contributed by atoms with Crippen LogP contribution in [-0.4, -0.2) is 25.0 Å². The van der Waals surface area contributed by atoms with Crippen LogP contribution in [0, 0.1) is 0 Å². The van der Waals surface area contributed by atoms with Gasteiger partial charge >= 0.3 is 0 Å². The van der Waals surface area contributed by atoms with Crippen LogP contribution in [0.5, 0.6) is 5.75 Å². The van der Waals surface area contributed by atoms with Crippen LogP contribution < -0.4 is 20.7 Å². The molecule has 138 valence electrons. The van der Waals surface area contributed by atoms with Crippen LogP contribution >= 0.6 is 0 Å². The molecule has 3 aromatic rings. The van der Waals surface area contributed by atoms with E-state index in [4.69, 9.17) is 10.5 Å². The molecule has 0 saturated heterocycles. The third-order valence-corrected chi connectivity index (χ3v) is 4.04. The predicted molar refractivity (Wildman–Crippen MR) is 108 cm³/mol. The van der Waals surface area contributed by atoms with Gasteiger partial charge in [0.2, 0.25) is 0 Å². The van der Waals surface area contributed by atoms with Crippen LogP contribution in [0.4, 0.5) is 17.1 Å². The van der Waals surface area contributed by atoms with E-state index in [0.717, 1.165) is 11.3 Å². The number of carbonyl (C=O) groups is 1. The largest absolute Gasteiger partial charge is 0.487 e. The second kappa shape index (κ2) is 8.23. The van der Waals surface area contributed by atoms with Crippen LogP contribution in [0.25, 0.3) is 0 Å². The summed E-state index contributed by atoms with van der Waals surface area (Å²) in [5.74, 6) is 0.428. The Morgan fingerprint density at radius 1 is 1.15 bits per heavy atom. The summed E-state index contributed by atoms with van der Waals surface area (Å²) < 4.78 is 5.72. The molecular formula is C21H22N4O2. The van der Waals surface area contributed by atoms with Crippen molar-refractivity contribution in [2.24, 2.45) is 0 Å². The van der Waals surface area contributed by atoms with Crippen LogP contribution in [0.2, 0.25) is 0 Å². The highest BCUT2D eigenvalue weighted by atomic mass is 16.5. The minimum atomic E-state index is -0.156. The Kier molecular flexibility index (Phi) is 5.56. The first-order valence-electron chi connectivity index (χ1n) is 8.53. The van der Waals surface area contributed by atoms with Crippen molar-refractivity contribution in [3.63, 3.8) is 0 Å². The van der Waals surface area contributed by atoms with Crippen molar-refractivity contribution in [1.82, 2.24) is 4.98 Å². The lowest BCUT2D eigenvalue weighted by Crippen LogP contribution is -2.13. The van der Waals surface area contributed by atoms with Crippen LogP contribution in [0.1, 0.15) is 15.9 Å². The number of nitrogens with two attached hydrogens (primary N) is 1. The Morgan fingerprint density at radius 3 is 2.63 bits per heavy atom. The van der Waals surface area contributed by atoms with E-state index in [2.05, 4.69) is 10.3 Å². The number of aromatic nitrogens is 1. The second-order valence-electron chi connectivity index (χ2n) is 6.30. The van der Waals surface area contributed by atoms with Gasteiger partial charge in [-0.2, -0.15) is 0 Å². The lowest BCUT2D eigenvalue weighted by Gasteiger charge is -2.13. The number of nitrogens with zero attached hydrogens (tertiary/aromatic N) is 2. The van der Waals surface area contributed by atoms with Gasteiger partial charge in [-0.05, 0) is 42.0 Å². The molecule has 0 aliphatic carbocycles. The number of ether oxygens (including phenoxy) is 1. The molecule has 6 heteroatoms. The Balaban J connectivity index is 1.64. The Hall–Kier alpha value is -3.54. The molecule has 0 bridgehead atoms. The quantitative estimate of drug-likeness (QED) is 0.701. The van der Waals surface area contributed by atoms with E-state index in [1.807, 2.05) is 67.5 Å². The minimum Gasteiger partial charge on any atom is -0.487 e. The molecule has 1 heterocycles. The molecule has 0 atom stereocenters. The number of nitrogens with one attached hydrogen (secondary N) is 1. The molecule has 3 rings (SSSR count). The fourth-order valence-electron chi connectivity index (χ4n) is 2.54. The van der Waals surface area contributed by atoms with Crippen LogP contribution in [0.3, 0.4) is 0 Å². The third-order valence-electron chi connectivity index (χ3n) is 4.04. The first-order chi connectivity index (χ1) is 13.0. The summed E-state index contributed by atoms with van der Waals surface area (Å²) in [6.07, 6.45) is 3.18. The number of hydrogen-bond acceptors (Lipinski definition) is 5. The molecule has 0 fully saturated rings. The number of benzene rings is 2. The average molecular weight is 362 g/mol. The van der Waals surface area contributed by atoms with Crippen molar-refractivity contribution in [1.29, 1.82) is 0 Å². The van der Waals surface area contributed by atoms with Gasteiger partial charge in [-0.1, -0.05) is 12.1 Å². The molecule has 0 radical (unpaired) electrons. The van der Waals surface area contributed by atoms with Gasteiger partial charge in [0.25, 0.3) is 5.91 Å². The van der Waals surface area contributed by atoms with Crippen molar-refractivity contribution in [3.8, 4) is 5.75 Å². The number of rotatable bonds is 6. The van der Waals surface area contributed by atoms with Gasteiger partial charge in [0.1, 0.15) is 12.4 Å². The maximum Gasteiger partial charge on any atom is 0.255 e. The fraction of sp³-hybridized carbons (Fsp3) is 0.143. The van der Waals surface area contributed by atoms with Crippen LogP contribution in [-0.2, 0) is 6.61 Å². The average Bonchev–Trinajstić information content (AvgIpc) is 2.68. The summed E-state index contributed by atoms with van der Waals surface area (Å²) in [6, 6.07) is 16.7. The Morgan fingerprint density at radius 2 is 1.93 bits per heavy atom. The topological polar surface area (TPSA) is 80.5 Å². The monoisotopic (exact) mass is 362 g/mol. The fourth-order valence-corrected chi connectivity index (χ4v) is 2.54. The highest BCUT2D eigenvalue weighted by molar-refractivity contribution is 6.04. The third kappa shape index (κ3) is 4.76. The van der Waals surface area contributed by atoms with Crippen molar-refractivity contribution in [2.75, 3.05) is 30.0 Å². The molecule has 0 aliphatic heterocycles. The Labute approximate surface area is 158 Å². The Bertz CT molecular complexity index is 923. The van der Waals surface area contributed by atoms with Gasteiger partial charge in [-0.3, -0.25) is 9.78 Å². The summed E-state index contributed by atoms with van der Waals surface area (Å²) in [5, 5.41) is 2.91. The van der Waals surface area contributed by atoms with Crippen molar-refractivity contribution in [2.45, 2.75) is 6.61 Å². The molecule has 6 nitrogen and oxygen atoms in total. The van der Waals surface area contributed by atoms with E-state index >= 15 is 0 Å². The SMILES string of the molecule is CN(C)c1ccc(C(=O)Nc2cccc(COc3ccncc3N)c2)cc1. The summed E-state index contributed by atoms with van der Waals surface area (Å²) in [4.78, 5) is 18.4. The maximum atomic E-state index is 12.5. The molecule has 2 aromatic carbocycles. The number of amides is 1. The van der Waals surface area contributed by atoms with E-state index in [1.165, 1.54) is 0 Å². The summed E-state index contributed by atoms with van der Waals surface area (Å²) in [5.41, 5.74) is 9.59. The van der Waals surface area contributed by atoms with E-state index in [0.29, 0.717) is 29.3 Å². The number of pyridine rings is 1. The molecular weight excluding hydrogens is 340 g/mol. The lowest BCUT2D eigenvalue weighted by atomic mass is 10.1. The highest BCUT2D eigenvalue weighted by Crippen LogP contribution is 2.21. The first-order valence-corrected chi connectivity index (χ1v) is 8.53. The summed E-state index contributed by atoms with van der Waals surface area (Å²) in [6.45, 7) is 0.343. The second-order valence-corrected chi connectivity index (χ2v) is 6.30. The maximum absolute atomic E-state index is 12.5. The predicted octanol–water partition coefficient (Wildman–Crippen LogP) is 3.56. The molecule has 0 aliphatic rings. The normalized spacial score (nSPS) is 10.3. The van der Waals surface area contributed by atoms with E-state index in [9.17, 15) is 4.79 Å². The molecule has 0 unspecified atom stereocenters. The van der Waals surface area contributed by atoms with E-state index in [1.54, 1.807) is 18.5 Å². The number of anilines is 3. The number of nitrogen functional groups attached to an aromatic ring is 1. The van der Waals surface area contributed by atoms with Gasteiger partial charge < -0.3 is 20.7 Å². The van der Waals surface area contributed by atoms with E-state index < -0.39 is 0 Å². The molecule has 3 N–H and O–H groups in total. The zero-order valence-corrected chi connectivity index (χ0v) is 15.3. The molecule has 0 saturated carbocycles. The molecule has 0 spiro atoms. The van der Waals surface area contributed by atoms with Crippen molar-refractivity contribution in [3.05, 3.63) is 78.1 Å².